The van der Waals surface area contributed by atoms with Gasteiger partial charge >= 0.3 is 0 Å². The Morgan fingerprint density at radius 2 is 1.85 bits per heavy atom. The maximum Gasteiger partial charge on any atom is 0.123 e. The molecule has 2 aromatic rings. The van der Waals surface area contributed by atoms with Crippen molar-refractivity contribution in [1.29, 1.82) is 0 Å². The van der Waals surface area contributed by atoms with Gasteiger partial charge in [-0.15, -0.1) is 0 Å². The van der Waals surface area contributed by atoms with Crippen molar-refractivity contribution in [2.75, 3.05) is 6.54 Å². The summed E-state index contributed by atoms with van der Waals surface area (Å²) >= 11 is 1.67. The smallest absolute Gasteiger partial charge is 0.123 e. The number of rotatable bonds is 6. The van der Waals surface area contributed by atoms with E-state index in [1.807, 2.05) is 12.1 Å². The van der Waals surface area contributed by atoms with Gasteiger partial charge in [-0.1, -0.05) is 30.8 Å². The van der Waals surface area contributed by atoms with Crippen LogP contribution in [0, 0.1) is 12.7 Å². The second kappa shape index (κ2) is 7.46. The second-order valence-electron chi connectivity index (χ2n) is 4.83. The Bertz CT molecular complexity index is 551. The van der Waals surface area contributed by atoms with E-state index in [4.69, 9.17) is 0 Å². The summed E-state index contributed by atoms with van der Waals surface area (Å²) in [5.74, 6) is -0.191. The Labute approximate surface area is 124 Å². The van der Waals surface area contributed by atoms with Crippen LogP contribution in [0.1, 0.15) is 24.5 Å². The molecule has 106 valence electrons. The van der Waals surface area contributed by atoms with E-state index in [0.29, 0.717) is 0 Å². The summed E-state index contributed by atoms with van der Waals surface area (Å²) in [6.07, 6.45) is 1.15. The van der Waals surface area contributed by atoms with Crippen LogP contribution >= 0.6 is 11.8 Å². The fourth-order valence-electron chi connectivity index (χ4n) is 1.98. The van der Waals surface area contributed by atoms with E-state index in [2.05, 4.69) is 37.4 Å². The standard InChI is InChI=1S/C17H20FNS/c1-3-10-19-12-14-4-9-17(13(2)11-14)20-16-7-5-15(18)6-8-16/h4-9,11,19H,3,10,12H2,1-2H3. The average molecular weight is 289 g/mol. The average Bonchev–Trinajstić information content (AvgIpc) is 2.44. The Balaban J connectivity index is 2.03. The van der Waals surface area contributed by atoms with E-state index < -0.39 is 0 Å². The molecule has 0 spiro atoms. The molecule has 0 aromatic heterocycles. The van der Waals surface area contributed by atoms with E-state index in [0.717, 1.165) is 24.4 Å². The molecular formula is C17H20FNS. The normalized spacial score (nSPS) is 10.8. The molecule has 0 heterocycles. The predicted octanol–water partition coefficient (Wildman–Crippen LogP) is 4.78. The topological polar surface area (TPSA) is 12.0 Å². The summed E-state index contributed by atoms with van der Waals surface area (Å²) in [6, 6.07) is 13.1. The van der Waals surface area contributed by atoms with Crippen molar-refractivity contribution in [3.8, 4) is 0 Å². The van der Waals surface area contributed by atoms with E-state index in [1.54, 1.807) is 11.8 Å². The molecule has 0 saturated heterocycles. The maximum atomic E-state index is 12.9. The summed E-state index contributed by atoms with van der Waals surface area (Å²) in [4.78, 5) is 2.28. The monoisotopic (exact) mass is 289 g/mol. The fourth-order valence-corrected chi connectivity index (χ4v) is 2.86. The zero-order valence-electron chi connectivity index (χ0n) is 11.9. The van der Waals surface area contributed by atoms with Crippen LogP contribution in [-0.2, 0) is 6.54 Å². The van der Waals surface area contributed by atoms with Gasteiger partial charge in [-0.2, -0.15) is 0 Å². The number of hydrogen-bond donors (Lipinski definition) is 1. The highest BCUT2D eigenvalue weighted by molar-refractivity contribution is 7.99. The Hall–Kier alpha value is -1.32. The molecule has 0 bridgehead atoms. The van der Waals surface area contributed by atoms with Crippen LogP contribution in [-0.4, -0.2) is 6.54 Å². The molecule has 1 N–H and O–H groups in total. The molecule has 2 rings (SSSR count). The third-order valence-electron chi connectivity index (χ3n) is 3.04. The first-order chi connectivity index (χ1) is 9.69. The summed E-state index contributed by atoms with van der Waals surface area (Å²) in [5.41, 5.74) is 2.56. The summed E-state index contributed by atoms with van der Waals surface area (Å²) in [6.45, 7) is 6.25. The van der Waals surface area contributed by atoms with Gasteiger partial charge in [0, 0.05) is 16.3 Å². The lowest BCUT2D eigenvalue weighted by Gasteiger charge is -2.09. The van der Waals surface area contributed by atoms with Crippen LogP contribution < -0.4 is 5.32 Å². The van der Waals surface area contributed by atoms with Crippen molar-refractivity contribution < 1.29 is 4.39 Å². The molecule has 0 amide bonds. The minimum atomic E-state index is -0.191. The van der Waals surface area contributed by atoms with Crippen LogP contribution in [0.15, 0.2) is 52.3 Å². The van der Waals surface area contributed by atoms with E-state index in [1.165, 1.54) is 28.2 Å². The minimum Gasteiger partial charge on any atom is -0.313 e. The van der Waals surface area contributed by atoms with E-state index in [9.17, 15) is 4.39 Å². The van der Waals surface area contributed by atoms with E-state index in [-0.39, 0.29) is 5.82 Å². The van der Waals surface area contributed by atoms with Crippen LogP contribution in [0.25, 0.3) is 0 Å². The van der Waals surface area contributed by atoms with Crippen molar-refractivity contribution in [3.63, 3.8) is 0 Å². The number of hydrogen-bond acceptors (Lipinski definition) is 2. The highest BCUT2D eigenvalue weighted by Crippen LogP contribution is 2.30. The van der Waals surface area contributed by atoms with Gasteiger partial charge in [0.15, 0.2) is 0 Å². The van der Waals surface area contributed by atoms with Crippen molar-refractivity contribution in [1.82, 2.24) is 5.32 Å². The third-order valence-corrected chi connectivity index (χ3v) is 4.22. The molecule has 0 fully saturated rings. The molecule has 0 unspecified atom stereocenters. The second-order valence-corrected chi connectivity index (χ2v) is 5.95. The van der Waals surface area contributed by atoms with Gasteiger partial charge in [0.2, 0.25) is 0 Å². The van der Waals surface area contributed by atoms with Gasteiger partial charge < -0.3 is 5.32 Å². The number of aryl methyl sites for hydroxylation is 1. The summed E-state index contributed by atoms with van der Waals surface area (Å²) < 4.78 is 12.9. The zero-order chi connectivity index (χ0) is 14.4. The van der Waals surface area contributed by atoms with Crippen molar-refractivity contribution in [3.05, 3.63) is 59.4 Å². The molecule has 0 atom stereocenters. The molecule has 1 nitrogen and oxygen atoms in total. The van der Waals surface area contributed by atoms with Crippen LogP contribution in [0.2, 0.25) is 0 Å². The summed E-state index contributed by atoms with van der Waals surface area (Å²) in [7, 11) is 0. The Kier molecular flexibility index (Phi) is 5.62. The quantitative estimate of drug-likeness (QED) is 0.768. The van der Waals surface area contributed by atoms with Gasteiger partial charge in [-0.25, -0.2) is 4.39 Å². The molecule has 0 aliphatic rings. The van der Waals surface area contributed by atoms with Crippen LogP contribution in [0.3, 0.4) is 0 Å². The molecule has 3 heteroatoms. The zero-order valence-corrected chi connectivity index (χ0v) is 12.8. The largest absolute Gasteiger partial charge is 0.313 e. The Morgan fingerprint density at radius 3 is 2.50 bits per heavy atom. The van der Waals surface area contributed by atoms with E-state index >= 15 is 0 Å². The molecule has 0 aliphatic heterocycles. The number of halogens is 1. The lowest BCUT2D eigenvalue weighted by molar-refractivity contribution is 0.626. The van der Waals surface area contributed by atoms with Gasteiger partial charge in [0.05, 0.1) is 0 Å². The van der Waals surface area contributed by atoms with Gasteiger partial charge in [0.1, 0.15) is 5.82 Å². The predicted molar refractivity (Wildman–Crippen MR) is 83.7 cm³/mol. The molecule has 0 radical (unpaired) electrons. The first kappa shape index (κ1) is 15.1. The van der Waals surface area contributed by atoms with Crippen molar-refractivity contribution in [2.24, 2.45) is 0 Å². The Morgan fingerprint density at radius 1 is 1.10 bits per heavy atom. The van der Waals surface area contributed by atoms with Gasteiger partial charge in [-0.3, -0.25) is 0 Å². The number of benzene rings is 2. The van der Waals surface area contributed by atoms with Gasteiger partial charge in [-0.05, 0) is 61.3 Å². The molecule has 0 aliphatic carbocycles. The number of nitrogens with one attached hydrogen (secondary N) is 1. The lowest BCUT2D eigenvalue weighted by Crippen LogP contribution is -2.13. The first-order valence-corrected chi connectivity index (χ1v) is 7.74. The third kappa shape index (κ3) is 4.36. The molecule has 20 heavy (non-hydrogen) atoms. The molecular weight excluding hydrogens is 269 g/mol. The maximum absolute atomic E-state index is 12.9. The van der Waals surface area contributed by atoms with Crippen LogP contribution in [0.5, 0.6) is 0 Å². The highest BCUT2D eigenvalue weighted by Gasteiger charge is 2.03. The minimum absolute atomic E-state index is 0.191. The highest BCUT2D eigenvalue weighted by atomic mass is 32.2. The first-order valence-electron chi connectivity index (χ1n) is 6.92. The molecule has 0 saturated carbocycles. The van der Waals surface area contributed by atoms with Crippen molar-refractivity contribution >= 4 is 11.8 Å². The fraction of sp³-hybridized carbons (Fsp3) is 0.294. The molecule has 2 aromatic carbocycles. The van der Waals surface area contributed by atoms with Crippen LogP contribution in [0.4, 0.5) is 4.39 Å². The lowest BCUT2D eigenvalue weighted by atomic mass is 10.1. The van der Waals surface area contributed by atoms with Crippen molar-refractivity contribution in [2.45, 2.75) is 36.6 Å². The van der Waals surface area contributed by atoms with Gasteiger partial charge in [0.25, 0.3) is 0 Å². The summed E-state index contributed by atoms with van der Waals surface area (Å²) in [5, 5.41) is 3.41. The SMILES string of the molecule is CCCNCc1ccc(Sc2ccc(F)cc2)c(C)c1.